The normalized spacial score (nSPS) is 12.9. The van der Waals surface area contributed by atoms with Gasteiger partial charge in [0.1, 0.15) is 18.5 Å². The van der Waals surface area contributed by atoms with Crippen LogP contribution in [0.4, 0.5) is 0 Å². The molecule has 0 aromatic heterocycles. The SMILES string of the molecule is CC(COC(=O)C(C)(Cl)Cl)Oc1cc(Cl)c(Cl)cc1Cl. The Bertz CT molecular complexity index is 499. The van der Waals surface area contributed by atoms with E-state index in [4.69, 9.17) is 67.5 Å². The van der Waals surface area contributed by atoms with Crippen LogP contribution in [0, 0.1) is 0 Å². The molecule has 0 heterocycles. The Kier molecular flexibility index (Phi) is 6.55. The van der Waals surface area contributed by atoms with Crippen LogP contribution in [0.25, 0.3) is 0 Å². The number of hydrogen-bond acceptors (Lipinski definition) is 3. The van der Waals surface area contributed by atoms with Crippen molar-refractivity contribution in [3.8, 4) is 5.75 Å². The molecule has 3 nitrogen and oxygen atoms in total. The van der Waals surface area contributed by atoms with Crippen molar-refractivity contribution >= 4 is 64.0 Å². The van der Waals surface area contributed by atoms with E-state index in [9.17, 15) is 4.79 Å². The molecule has 20 heavy (non-hydrogen) atoms. The molecule has 1 aromatic rings. The van der Waals surface area contributed by atoms with Crippen molar-refractivity contribution in [1.29, 1.82) is 0 Å². The Morgan fingerprint density at radius 2 is 1.75 bits per heavy atom. The summed E-state index contributed by atoms with van der Waals surface area (Å²) in [6.45, 7) is 2.97. The summed E-state index contributed by atoms with van der Waals surface area (Å²) < 4.78 is 8.81. The average Bonchev–Trinajstić information content (AvgIpc) is 2.31. The highest BCUT2D eigenvalue weighted by atomic mass is 35.5. The van der Waals surface area contributed by atoms with Crippen molar-refractivity contribution in [2.45, 2.75) is 24.3 Å². The van der Waals surface area contributed by atoms with Crippen molar-refractivity contribution in [2.75, 3.05) is 6.61 Å². The van der Waals surface area contributed by atoms with Gasteiger partial charge in [0.15, 0.2) is 0 Å². The first kappa shape index (κ1) is 18.0. The third kappa shape index (κ3) is 5.38. The van der Waals surface area contributed by atoms with Gasteiger partial charge >= 0.3 is 5.97 Å². The molecule has 1 unspecified atom stereocenters. The maximum atomic E-state index is 11.4. The van der Waals surface area contributed by atoms with E-state index < -0.39 is 16.4 Å². The lowest BCUT2D eigenvalue weighted by Gasteiger charge is -2.18. The van der Waals surface area contributed by atoms with Crippen LogP contribution in [0.5, 0.6) is 5.75 Å². The van der Waals surface area contributed by atoms with E-state index in [0.717, 1.165) is 0 Å². The summed E-state index contributed by atoms with van der Waals surface area (Å²) in [7, 11) is 0. The maximum Gasteiger partial charge on any atom is 0.342 e. The monoisotopic (exact) mass is 378 g/mol. The molecule has 0 radical (unpaired) electrons. The number of ether oxygens (including phenoxy) is 2. The summed E-state index contributed by atoms with van der Waals surface area (Å²) in [4.78, 5) is 11.4. The van der Waals surface area contributed by atoms with Crippen molar-refractivity contribution in [3.63, 3.8) is 0 Å². The first-order chi connectivity index (χ1) is 9.11. The fourth-order valence-electron chi connectivity index (χ4n) is 1.17. The number of carbonyl (C=O) groups is 1. The van der Waals surface area contributed by atoms with Gasteiger partial charge < -0.3 is 9.47 Å². The predicted molar refractivity (Wildman–Crippen MR) is 82.6 cm³/mol. The topological polar surface area (TPSA) is 35.5 Å². The number of hydrogen-bond donors (Lipinski definition) is 0. The van der Waals surface area contributed by atoms with Crippen LogP contribution in [-0.2, 0) is 9.53 Å². The standard InChI is InChI=1S/C12H11Cl5O3/c1-6(5-19-11(18)12(2,16)17)20-10-4-8(14)7(13)3-9(10)15/h3-4,6H,5H2,1-2H3. The van der Waals surface area contributed by atoms with E-state index >= 15 is 0 Å². The van der Waals surface area contributed by atoms with Gasteiger partial charge in [0.05, 0.1) is 15.1 Å². The smallest absolute Gasteiger partial charge is 0.342 e. The van der Waals surface area contributed by atoms with E-state index in [2.05, 4.69) is 0 Å². The number of esters is 1. The minimum absolute atomic E-state index is 0.0373. The lowest BCUT2D eigenvalue weighted by atomic mass is 10.3. The van der Waals surface area contributed by atoms with Gasteiger partial charge in [0.25, 0.3) is 0 Å². The molecule has 1 rings (SSSR count). The molecule has 112 valence electrons. The minimum Gasteiger partial charge on any atom is -0.486 e. The van der Waals surface area contributed by atoms with E-state index in [0.29, 0.717) is 20.8 Å². The summed E-state index contributed by atoms with van der Waals surface area (Å²) >= 11 is 28.8. The van der Waals surface area contributed by atoms with Gasteiger partial charge in [-0.05, 0) is 19.9 Å². The summed E-state index contributed by atoms with van der Waals surface area (Å²) in [6.07, 6.45) is -0.468. The van der Waals surface area contributed by atoms with Crippen LogP contribution in [0.3, 0.4) is 0 Å². The van der Waals surface area contributed by atoms with E-state index in [1.54, 1.807) is 6.92 Å². The molecule has 8 heteroatoms. The van der Waals surface area contributed by atoms with Gasteiger partial charge in [-0.3, -0.25) is 0 Å². The maximum absolute atomic E-state index is 11.4. The minimum atomic E-state index is -1.60. The zero-order chi connectivity index (χ0) is 15.5. The zero-order valence-corrected chi connectivity index (χ0v) is 14.3. The third-order valence-corrected chi connectivity index (χ3v) is 3.44. The fourth-order valence-corrected chi connectivity index (χ4v) is 1.86. The Morgan fingerprint density at radius 3 is 2.30 bits per heavy atom. The molecule has 0 amide bonds. The highest BCUT2D eigenvalue weighted by Gasteiger charge is 2.29. The second-order valence-electron chi connectivity index (χ2n) is 4.11. The highest BCUT2D eigenvalue weighted by molar-refractivity contribution is 6.57. The number of benzene rings is 1. The van der Waals surface area contributed by atoms with Gasteiger partial charge in [-0.15, -0.1) is 0 Å². The second kappa shape index (κ2) is 7.28. The van der Waals surface area contributed by atoms with Crippen molar-refractivity contribution in [1.82, 2.24) is 0 Å². The number of carbonyl (C=O) groups excluding carboxylic acids is 1. The fraction of sp³-hybridized carbons (Fsp3) is 0.417. The quantitative estimate of drug-likeness (QED) is 0.402. The van der Waals surface area contributed by atoms with E-state index in [1.165, 1.54) is 19.1 Å². The lowest BCUT2D eigenvalue weighted by Crippen LogP contribution is -2.29. The van der Waals surface area contributed by atoms with Crippen molar-refractivity contribution in [2.24, 2.45) is 0 Å². The summed E-state index contributed by atoms with van der Waals surface area (Å²) in [6, 6.07) is 2.95. The second-order valence-corrected chi connectivity index (χ2v) is 7.04. The number of rotatable bonds is 5. The van der Waals surface area contributed by atoms with Gasteiger partial charge in [-0.2, -0.15) is 0 Å². The summed E-state index contributed by atoms with van der Waals surface area (Å²) in [5.74, 6) is -0.416. The van der Waals surface area contributed by atoms with E-state index in [1.807, 2.05) is 0 Å². The van der Waals surface area contributed by atoms with Crippen LogP contribution in [0.15, 0.2) is 12.1 Å². The molecule has 0 aliphatic rings. The van der Waals surface area contributed by atoms with Crippen LogP contribution in [0.2, 0.25) is 15.1 Å². The Balaban J connectivity index is 2.61. The van der Waals surface area contributed by atoms with Gasteiger partial charge in [0.2, 0.25) is 4.33 Å². The molecule has 0 N–H and O–H groups in total. The number of alkyl halides is 2. The molecule has 0 fully saturated rings. The van der Waals surface area contributed by atoms with Crippen molar-refractivity contribution in [3.05, 3.63) is 27.2 Å². The average molecular weight is 380 g/mol. The molecular formula is C12H11Cl5O3. The third-order valence-electron chi connectivity index (χ3n) is 2.11. The molecule has 0 aliphatic heterocycles. The molecule has 0 aliphatic carbocycles. The number of halogens is 5. The highest BCUT2D eigenvalue weighted by Crippen LogP contribution is 2.34. The molecule has 1 aromatic carbocycles. The molecule has 0 saturated heterocycles. The Labute approximate surface area is 142 Å². The molecular weight excluding hydrogens is 369 g/mol. The first-order valence-electron chi connectivity index (χ1n) is 5.47. The zero-order valence-electron chi connectivity index (χ0n) is 10.6. The predicted octanol–water partition coefficient (Wildman–Crippen LogP) is 5.15. The molecule has 0 saturated carbocycles. The van der Waals surface area contributed by atoms with Gasteiger partial charge in [-0.1, -0.05) is 58.0 Å². The molecule has 1 atom stereocenters. The van der Waals surface area contributed by atoms with Crippen LogP contribution < -0.4 is 4.74 Å². The van der Waals surface area contributed by atoms with Gasteiger partial charge in [0, 0.05) is 6.07 Å². The molecule has 0 spiro atoms. The van der Waals surface area contributed by atoms with E-state index in [-0.39, 0.29) is 6.61 Å². The lowest BCUT2D eigenvalue weighted by molar-refractivity contribution is -0.146. The largest absolute Gasteiger partial charge is 0.486 e. The van der Waals surface area contributed by atoms with Gasteiger partial charge in [-0.25, -0.2) is 4.79 Å². The van der Waals surface area contributed by atoms with Crippen LogP contribution in [-0.4, -0.2) is 23.0 Å². The molecule has 0 bridgehead atoms. The van der Waals surface area contributed by atoms with Crippen LogP contribution in [0.1, 0.15) is 13.8 Å². The Morgan fingerprint density at radius 1 is 1.20 bits per heavy atom. The Hall–Kier alpha value is -0.0600. The van der Waals surface area contributed by atoms with Crippen molar-refractivity contribution < 1.29 is 14.3 Å². The first-order valence-corrected chi connectivity index (χ1v) is 7.36. The summed E-state index contributed by atoms with van der Waals surface area (Å²) in [5.41, 5.74) is 0. The van der Waals surface area contributed by atoms with Crippen LogP contribution >= 0.6 is 58.0 Å². The summed E-state index contributed by atoms with van der Waals surface area (Å²) in [5, 5.41) is 0.935.